The maximum atomic E-state index is 12.6. The second-order valence-electron chi connectivity index (χ2n) is 6.61. The van der Waals surface area contributed by atoms with E-state index in [-0.39, 0.29) is 12.3 Å². The summed E-state index contributed by atoms with van der Waals surface area (Å²) in [4.78, 5) is 23.3. The van der Waals surface area contributed by atoms with Gasteiger partial charge in [-0.25, -0.2) is 0 Å². The molecule has 0 radical (unpaired) electrons. The largest absolute Gasteiger partial charge is 0.481 e. The molecular formula is C17H23ClN4O3. The lowest BCUT2D eigenvalue weighted by Crippen LogP contribution is -2.50. The number of hydrogen-bond donors (Lipinski definition) is 3. The molecule has 0 saturated carbocycles. The Morgan fingerprint density at radius 3 is 2.60 bits per heavy atom. The molecule has 1 aromatic rings. The number of nitrogens with zero attached hydrogens (tertiary/aromatic N) is 2. The van der Waals surface area contributed by atoms with E-state index in [9.17, 15) is 9.59 Å². The normalized spacial score (nSPS) is 14.5. The van der Waals surface area contributed by atoms with E-state index in [1.807, 2.05) is 27.8 Å². The van der Waals surface area contributed by atoms with Gasteiger partial charge < -0.3 is 10.4 Å². The van der Waals surface area contributed by atoms with Crippen molar-refractivity contribution in [2.45, 2.75) is 32.7 Å². The number of carboxylic acid groups (broad SMARTS) is 1. The molecule has 1 aliphatic heterocycles. The van der Waals surface area contributed by atoms with Crippen molar-refractivity contribution in [2.24, 2.45) is 0 Å². The highest BCUT2D eigenvalue weighted by Crippen LogP contribution is 2.23. The highest BCUT2D eigenvalue weighted by Gasteiger charge is 2.33. The quantitative estimate of drug-likeness (QED) is 0.715. The molecular weight excluding hydrogens is 344 g/mol. The number of hydrogen-bond acceptors (Lipinski definition) is 5. The first-order valence-corrected chi connectivity index (χ1v) is 8.27. The fourth-order valence-corrected chi connectivity index (χ4v) is 3.00. The number of carbonyl (C=O) groups excluding carboxylic acids is 1. The molecule has 0 aliphatic carbocycles. The van der Waals surface area contributed by atoms with Crippen LogP contribution in [0.3, 0.4) is 0 Å². The van der Waals surface area contributed by atoms with E-state index >= 15 is 0 Å². The van der Waals surface area contributed by atoms with Crippen molar-refractivity contribution in [2.75, 3.05) is 13.6 Å². The first kappa shape index (κ1) is 19.1. The van der Waals surface area contributed by atoms with Gasteiger partial charge in [-0.3, -0.25) is 19.6 Å². The number of aryl methyl sites for hydroxylation is 1. The molecule has 8 heteroatoms. The topological polar surface area (TPSA) is 84.9 Å². The zero-order valence-electron chi connectivity index (χ0n) is 14.8. The molecule has 1 aliphatic rings. The molecule has 0 aromatic heterocycles. The van der Waals surface area contributed by atoms with Gasteiger partial charge in [-0.15, -0.1) is 5.53 Å². The third-order valence-corrected chi connectivity index (χ3v) is 4.07. The minimum absolute atomic E-state index is 0.0131. The SMILES string of the molecule is Cc1cc(Cl)cc(C(=O)NC(C)(C)C2=CN(CCC(=O)O)NN2C)c1. The third-order valence-electron chi connectivity index (χ3n) is 3.86. The Labute approximate surface area is 152 Å². The van der Waals surface area contributed by atoms with Crippen LogP contribution in [0.2, 0.25) is 5.02 Å². The molecule has 136 valence electrons. The fourth-order valence-electron chi connectivity index (χ4n) is 2.71. The molecule has 3 N–H and O–H groups in total. The van der Waals surface area contributed by atoms with Gasteiger partial charge in [0.1, 0.15) is 0 Å². The molecule has 0 spiro atoms. The molecule has 0 atom stereocenters. The number of rotatable bonds is 6. The summed E-state index contributed by atoms with van der Waals surface area (Å²) in [5.41, 5.74) is 4.58. The molecule has 1 heterocycles. The van der Waals surface area contributed by atoms with Crippen LogP contribution in [0.15, 0.2) is 30.1 Å². The van der Waals surface area contributed by atoms with E-state index in [2.05, 4.69) is 10.9 Å². The van der Waals surface area contributed by atoms with E-state index in [0.29, 0.717) is 17.1 Å². The molecule has 0 saturated heterocycles. The van der Waals surface area contributed by atoms with Crippen molar-refractivity contribution in [3.05, 3.63) is 46.2 Å². The Morgan fingerprint density at radius 1 is 1.32 bits per heavy atom. The van der Waals surface area contributed by atoms with E-state index in [1.165, 1.54) is 0 Å². The lowest BCUT2D eigenvalue weighted by atomic mass is 9.99. The number of carbonyl (C=O) groups is 2. The van der Waals surface area contributed by atoms with Crippen molar-refractivity contribution in [1.82, 2.24) is 20.9 Å². The van der Waals surface area contributed by atoms with Crippen LogP contribution >= 0.6 is 11.6 Å². The minimum Gasteiger partial charge on any atom is -0.481 e. The van der Waals surface area contributed by atoms with Crippen LogP contribution in [0.4, 0.5) is 0 Å². The predicted molar refractivity (Wildman–Crippen MR) is 95.7 cm³/mol. The van der Waals surface area contributed by atoms with Crippen LogP contribution in [-0.2, 0) is 4.79 Å². The van der Waals surface area contributed by atoms with Crippen LogP contribution in [-0.4, -0.2) is 46.1 Å². The fraction of sp³-hybridized carbons (Fsp3) is 0.412. The number of amides is 1. The van der Waals surface area contributed by atoms with Gasteiger partial charge in [0.05, 0.1) is 17.7 Å². The molecule has 0 fully saturated rings. The zero-order valence-corrected chi connectivity index (χ0v) is 15.5. The number of carboxylic acids is 1. The molecule has 0 bridgehead atoms. The Hall–Kier alpha value is -2.25. The average Bonchev–Trinajstić information content (AvgIpc) is 2.85. The maximum Gasteiger partial charge on any atom is 0.305 e. The maximum absolute atomic E-state index is 12.6. The Kier molecular flexibility index (Phi) is 5.59. The van der Waals surface area contributed by atoms with Gasteiger partial charge in [-0.1, -0.05) is 11.6 Å². The van der Waals surface area contributed by atoms with Crippen molar-refractivity contribution in [1.29, 1.82) is 0 Å². The summed E-state index contributed by atoms with van der Waals surface area (Å²) in [6.45, 7) is 5.96. The van der Waals surface area contributed by atoms with Gasteiger partial charge in [0.25, 0.3) is 5.91 Å². The highest BCUT2D eigenvalue weighted by molar-refractivity contribution is 6.31. The summed E-state index contributed by atoms with van der Waals surface area (Å²) >= 11 is 6.03. The van der Waals surface area contributed by atoms with Crippen LogP contribution in [0.1, 0.15) is 36.2 Å². The van der Waals surface area contributed by atoms with E-state index in [1.54, 1.807) is 34.4 Å². The first-order valence-electron chi connectivity index (χ1n) is 7.89. The van der Waals surface area contributed by atoms with Gasteiger partial charge in [0.2, 0.25) is 0 Å². The number of likely N-dealkylation sites (N-methyl/N-ethyl adjacent to an activating group) is 1. The lowest BCUT2D eigenvalue weighted by molar-refractivity contribution is -0.137. The summed E-state index contributed by atoms with van der Waals surface area (Å²) in [5.74, 6) is -1.09. The summed E-state index contributed by atoms with van der Waals surface area (Å²) in [7, 11) is 1.81. The van der Waals surface area contributed by atoms with Crippen LogP contribution in [0, 0.1) is 6.92 Å². The van der Waals surface area contributed by atoms with E-state index in [0.717, 1.165) is 11.3 Å². The standard InChI is InChI=1S/C17H23ClN4O3/c1-11-7-12(9-13(18)8-11)16(25)19-17(2,3)14-10-22(20-21(14)4)6-5-15(23)24/h7-10,20H,5-6H2,1-4H3,(H,19,25)(H,23,24). The van der Waals surface area contributed by atoms with Gasteiger partial charge in [0.15, 0.2) is 0 Å². The predicted octanol–water partition coefficient (Wildman–Crippen LogP) is 2.14. The highest BCUT2D eigenvalue weighted by atomic mass is 35.5. The second kappa shape index (κ2) is 7.33. The number of nitrogens with one attached hydrogen (secondary N) is 2. The zero-order chi connectivity index (χ0) is 18.8. The third kappa shape index (κ3) is 4.87. The summed E-state index contributed by atoms with van der Waals surface area (Å²) in [5, 5.41) is 15.7. The number of aliphatic carboxylic acids is 1. The van der Waals surface area contributed by atoms with Gasteiger partial charge >= 0.3 is 5.97 Å². The van der Waals surface area contributed by atoms with Crippen molar-refractivity contribution in [3.8, 4) is 0 Å². The monoisotopic (exact) mass is 366 g/mol. The second-order valence-corrected chi connectivity index (χ2v) is 7.04. The van der Waals surface area contributed by atoms with Crippen LogP contribution in [0.25, 0.3) is 0 Å². The number of hydrazine groups is 2. The minimum atomic E-state index is -0.866. The average molecular weight is 367 g/mol. The van der Waals surface area contributed by atoms with Crippen molar-refractivity contribution >= 4 is 23.5 Å². The van der Waals surface area contributed by atoms with Gasteiger partial charge in [0, 0.05) is 30.4 Å². The number of halogens is 1. The molecule has 1 amide bonds. The molecule has 25 heavy (non-hydrogen) atoms. The van der Waals surface area contributed by atoms with E-state index in [4.69, 9.17) is 16.7 Å². The Bertz CT molecular complexity index is 698. The van der Waals surface area contributed by atoms with Crippen LogP contribution < -0.4 is 10.9 Å². The molecule has 2 rings (SSSR count). The summed E-state index contributed by atoms with van der Waals surface area (Å²) in [6, 6.07) is 5.20. The molecule has 7 nitrogen and oxygen atoms in total. The number of benzene rings is 1. The van der Waals surface area contributed by atoms with Crippen LogP contribution in [0.5, 0.6) is 0 Å². The Morgan fingerprint density at radius 2 is 2.00 bits per heavy atom. The van der Waals surface area contributed by atoms with Crippen molar-refractivity contribution < 1.29 is 14.7 Å². The van der Waals surface area contributed by atoms with Crippen molar-refractivity contribution in [3.63, 3.8) is 0 Å². The summed E-state index contributed by atoms with van der Waals surface area (Å²) < 4.78 is 0. The Balaban J connectivity index is 2.13. The molecule has 1 aromatic carbocycles. The first-order chi connectivity index (χ1) is 11.6. The summed E-state index contributed by atoms with van der Waals surface area (Å²) in [6.07, 6.45) is 1.81. The molecule has 0 unspecified atom stereocenters. The van der Waals surface area contributed by atoms with E-state index < -0.39 is 11.5 Å². The smallest absolute Gasteiger partial charge is 0.305 e. The van der Waals surface area contributed by atoms with Gasteiger partial charge in [-0.2, -0.15) is 0 Å². The lowest BCUT2D eigenvalue weighted by Gasteiger charge is -2.31. The van der Waals surface area contributed by atoms with Gasteiger partial charge in [-0.05, 0) is 44.5 Å².